The summed E-state index contributed by atoms with van der Waals surface area (Å²) in [5, 5.41) is 9.50. The fraction of sp³-hybridized carbons (Fsp3) is 0.714. The van der Waals surface area contributed by atoms with Crippen molar-refractivity contribution in [1.82, 2.24) is 0 Å². The van der Waals surface area contributed by atoms with E-state index in [4.69, 9.17) is 9.47 Å². The first-order valence-electron chi connectivity index (χ1n) is 6.61. The smallest absolute Gasteiger partial charge is 0.333 e. The van der Waals surface area contributed by atoms with E-state index in [1.54, 1.807) is 13.8 Å². The molecule has 1 N–H and O–H groups in total. The average Bonchev–Trinajstić information content (AvgIpc) is 2.35. The third-order valence-corrected chi connectivity index (χ3v) is 3.10. The molecule has 3 unspecified atom stereocenters. The fourth-order valence-corrected chi connectivity index (χ4v) is 2.01. The Kier molecular flexibility index (Phi) is 6.02. The van der Waals surface area contributed by atoms with Gasteiger partial charge in [-0.05, 0) is 33.1 Å². The summed E-state index contributed by atoms with van der Waals surface area (Å²) in [6, 6.07) is 0. The number of rotatable bonds is 5. The van der Waals surface area contributed by atoms with Gasteiger partial charge in [0, 0.05) is 5.57 Å². The van der Waals surface area contributed by atoms with Crippen LogP contribution in [-0.2, 0) is 19.1 Å². The highest BCUT2D eigenvalue weighted by atomic mass is 16.6. The predicted molar refractivity (Wildman–Crippen MR) is 69.3 cm³/mol. The van der Waals surface area contributed by atoms with Crippen molar-refractivity contribution < 1.29 is 24.2 Å². The Bertz CT molecular complexity index is 350. The van der Waals surface area contributed by atoms with Crippen LogP contribution in [0.1, 0.15) is 39.5 Å². The molecule has 1 saturated carbocycles. The number of esters is 2. The molecule has 1 aliphatic rings. The molecule has 1 rings (SSSR count). The van der Waals surface area contributed by atoms with E-state index >= 15 is 0 Å². The van der Waals surface area contributed by atoms with Crippen LogP contribution in [-0.4, -0.2) is 35.9 Å². The second-order valence-corrected chi connectivity index (χ2v) is 5.14. The lowest BCUT2D eigenvalue weighted by Gasteiger charge is -2.24. The largest absolute Gasteiger partial charge is 0.462 e. The summed E-state index contributed by atoms with van der Waals surface area (Å²) in [7, 11) is 0. The molecule has 19 heavy (non-hydrogen) atoms. The number of aliphatic hydroxyl groups excluding tert-OH is 1. The van der Waals surface area contributed by atoms with Crippen molar-refractivity contribution in [3.63, 3.8) is 0 Å². The number of carbonyl (C=O) groups excluding carboxylic acids is 2. The zero-order valence-corrected chi connectivity index (χ0v) is 11.6. The maximum absolute atomic E-state index is 11.8. The van der Waals surface area contributed by atoms with Crippen molar-refractivity contribution in [3.05, 3.63) is 12.2 Å². The first kappa shape index (κ1) is 15.7. The van der Waals surface area contributed by atoms with Crippen LogP contribution in [0.5, 0.6) is 0 Å². The van der Waals surface area contributed by atoms with Gasteiger partial charge in [-0.3, -0.25) is 4.79 Å². The minimum absolute atomic E-state index is 0.0322. The van der Waals surface area contributed by atoms with Crippen molar-refractivity contribution >= 4 is 11.9 Å². The van der Waals surface area contributed by atoms with Crippen molar-refractivity contribution in [2.45, 2.75) is 51.7 Å². The lowest BCUT2D eigenvalue weighted by atomic mass is 9.87. The molecular formula is C14H22O5. The van der Waals surface area contributed by atoms with E-state index in [1.165, 1.54) is 0 Å². The normalized spacial score (nSPS) is 24.4. The molecule has 0 aliphatic heterocycles. The Hall–Kier alpha value is -1.36. The summed E-state index contributed by atoms with van der Waals surface area (Å²) in [6.07, 6.45) is 1.87. The summed E-state index contributed by atoms with van der Waals surface area (Å²) in [6.45, 7) is 6.72. The van der Waals surface area contributed by atoms with Gasteiger partial charge in [0.2, 0.25) is 0 Å². The minimum Gasteiger partial charge on any atom is -0.462 e. The van der Waals surface area contributed by atoms with Crippen LogP contribution < -0.4 is 0 Å². The molecule has 0 saturated heterocycles. The highest BCUT2D eigenvalue weighted by Gasteiger charge is 2.27. The first-order chi connectivity index (χ1) is 8.90. The van der Waals surface area contributed by atoms with Crippen LogP contribution in [0, 0.1) is 5.92 Å². The van der Waals surface area contributed by atoms with E-state index in [0.717, 1.165) is 19.3 Å². The van der Waals surface area contributed by atoms with Gasteiger partial charge in [0.1, 0.15) is 12.7 Å². The van der Waals surface area contributed by atoms with Gasteiger partial charge < -0.3 is 14.6 Å². The second-order valence-electron chi connectivity index (χ2n) is 5.14. The summed E-state index contributed by atoms with van der Waals surface area (Å²) in [5.74, 6) is -1.05. The molecule has 5 nitrogen and oxygen atoms in total. The van der Waals surface area contributed by atoms with Crippen LogP contribution >= 0.6 is 0 Å². The lowest BCUT2D eigenvalue weighted by molar-refractivity contribution is -0.159. The van der Waals surface area contributed by atoms with Gasteiger partial charge in [-0.15, -0.1) is 0 Å². The van der Waals surface area contributed by atoms with Gasteiger partial charge in [-0.1, -0.05) is 13.0 Å². The highest BCUT2D eigenvalue weighted by molar-refractivity contribution is 5.87. The molecule has 0 radical (unpaired) electrons. The molecule has 1 aliphatic carbocycles. The quantitative estimate of drug-likeness (QED) is 0.606. The zero-order valence-electron chi connectivity index (χ0n) is 11.6. The van der Waals surface area contributed by atoms with Gasteiger partial charge in [-0.25, -0.2) is 4.79 Å². The van der Waals surface area contributed by atoms with E-state index in [2.05, 4.69) is 6.58 Å². The maximum Gasteiger partial charge on any atom is 0.333 e. The van der Waals surface area contributed by atoms with E-state index in [0.29, 0.717) is 12.0 Å². The van der Waals surface area contributed by atoms with Gasteiger partial charge in [0.15, 0.2) is 0 Å². The van der Waals surface area contributed by atoms with Crippen molar-refractivity contribution in [1.29, 1.82) is 0 Å². The lowest BCUT2D eigenvalue weighted by Crippen LogP contribution is -2.30. The molecule has 0 amide bonds. The Balaban J connectivity index is 2.29. The van der Waals surface area contributed by atoms with Crippen molar-refractivity contribution in [2.75, 3.05) is 6.61 Å². The monoisotopic (exact) mass is 270 g/mol. The molecule has 0 aromatic heterocycles. The Morgan fingerprint density at radius 2 is 2.11 bits per heavy atom. The zero-order chi connectivity index (χ0) is 14.4. The van der Waals surface area contributed by atoms with Crippen LogP contribution in [0.4, 0.5) is 0 Å². The van der Waals surface area contributed by atoms with Crippen LogP contribution in [0.25, 0.3) is 0 Å². The fourth-order valence-electron chi connectivity index (χ4n) is 2.01. The molecule has 0 aromatic carbocycles. The van der Waals surface area contributed by atoms with Gasteiger partial charge in [0.25, 0.3) is 0 Å². The number of hydrogen-bond acceptors (Lipinski definition) is 5. The summed E-state index contributed by atoms with van der Waals surface area (Å²) in [4.78, 5) is 23.0. The maximum atomic E-state index is 11.8. The van der Waals surface area contributed by atoms with E-state index in [-0.39, 0.29) is 18.5 Å². The minimum atomic E-state index is -0.498. The van der Waals surface area contributed by atoms with E-state index in [1.807, 2.05) is 0 Å². The predicted octanol–water partition coefficient (Wildman–Crippen LogP) is 1.59. The van der Waals surface area contributed by atoms with E-state index < -0.39 is 18.2 Å². The van der Waals surface area contributed by atoms with Crippen LogP contribution in [0.2, 0.25) is 0 Å². The Morgan fingerprint density at radius 3 is 2.68 bits per heavy atom. The topological polar surface area (TPSA) is 72.8 Å². The summed E-state index contributed by atoms with van der Waals surface area (Å²) >= 11 is 0. The molecule has 0 bridgehead atoms. The number of hydrogen-bond donors (Lipinski definition) is 1. The average molecular weight is 270 g/mol. The Labute approximate surface area is 113 Å². The molecule has 0 heterocycles. The standard InChI is InChI=1S/C14H22O5/c1-9(2)13(16)19-10(3)8-18-14(17)11-5-4-6-12(15)7-11/h10-12,15H,1,4-8H2,2-3H3. The molecular weight excluding hydrogens is 248 g/mol. The molecule has 1 fully saturated rings. The first-order valence-corrected chi connectivity index (χ1v) is 6.61. The van der Waals surface area contributed by atoms with Gasteiger partial charge in [0.05, 0.1) is 12.0 Å². The van der Waals surface area contributed by atoms with Crippen molar-refractivity contribution in [2.24, 2.45) is 5.92 Å². The van der Waals surface area contributed by atoms with E-state index in [9.17, 15) is 14.7 Å². The number of carbonyl (C=O) groups is 2. The number of ether oxygens (including phenoxy) is 2. The van der Waals surface area contributed by atoms with Crippen LogP contribution in [0.3, 0.4) is 0 Å². The third kappa shape index (κ3) is 5.42. The van der Waals surface area contributed by atoms with Gasteiger partial charge >= 0.3 is 11.9 Å². The third-order valence-electron chi connectivity index (χ3n) is 3.10. The molecule has 108 valence electrons. The molecule has 5 heteroatoms. The van der Waals surface area contributed by atoms with Crippen LogP contribution in [0.15, 0.2) is 12.2 Å². The summed E-state index contributed by atoms with van der Waals surface area (Å²) < 4.78 is 10.1. The summed E-state index contributed by atoms with van der Waals surface area (Å²) in [5.41, 5.74) is 0.313. The Morgan fingerprint density at radius 1 is 1.42 bits per heavy atom. The molecule has 0 spiro atoms. The van der Waals surface area contributed by atoms with Gasteiger partial charge in [-0.2, -0.15) is 0 Å². The van der Waals surface area contributed by atoms with Crippen molar-refractivity contribution in [3.8, 4) is 0 Å². The molecule has 0 aromatic rings. The number of aliphatic hydroxyl groups is 1. The second kappa shape index (κ2) is 7.28. The molecule has 3 atom stereocenters. The SMILES string of the molecule is C=C(C)C(=O)OC(C)COC(=O)C1CCCC(O)C1. The highest BCUT2D eigenvalue weighted by Crippen LogP contribution is 2.25.